The van der Waals surface area contributed by atoms with Crippen molar-refractivity contribution in [2.24, 2.45) is 0 Å². The van der Waals surface area contributed by atoms with Crippen LogP contribution in [0.2, 0.25) is 0 Å². The Hall–Kier alpha value is -9.84. The van der Waals surface area contributed by atoms with Crippen molar-refractivity contribution in [1.29, 1.82) is 0 Å². The summed E-state index contributed by atoms with van der Waals surface area (Å²) in [4.78, 5) is 34.1. The van der Waals surface area contributed by atoms with Crippen LogP contribution in [0.25, 0.3) is 0 Å². The van der Waals surface area contributed by atoms with Crippen molar-refractivity contribution in [2.75, 3.05) is 0 Å². The van der Waals surface area contributed by atoms with Crippen molar-refractivity contribution in [3.05, 3.63) is 381 Å². The van der Waals surface area contributed by atoms with Crippen molar-refractivity contribution in [3.8, 4) is 74.7 Å². The Kier molecular flexibility index (Phi) is 65.5. The van der Waals surface area contributed by atoms with E-state index in [-0.39, 0.29) is 45.1 Å². The molecular formula is C106H146Cl3O23P7+4. The second-order valence-corrected chi connectivity index (χ2v) is 37.7. The summed E-state index contributed by atoms with van der Waals surface area (Å²) in [5, 5.41) is 36.2. The highest BCUT2D eigenvalue weighted by Crippen LogP contribution is 2.57. The first-order valence-corrected chi connectivity index (χ1v) is 51.3. The number of benzene rings is 13. The zero-order valence-corrected chi connectivity index (χ0v) is 91.5. The van der Waals surface area contributed by atoms with Crippen LogP contribution in [0.1, 0.15) is 161 Å². The third kappa shape index (κ3) is 51.4. The summed E-state index contributed by atoms with van der Waals surface area (Å²) >= 11 is 10.7. The number of phenols is 4. The molecule has 16 N–H and O–H groups in total. The number of aryl methyl sites for hydroxylation is 26. The smallest absolute Gasteiger partial charge is 0.567 e. The second kappa shape index (κ2) is 68.3. The molecule has 0 amide bonds. The maximum Gasteiger partial charge on any atom is 0.747 e. The summed E-state index contributed by atoms with van der Waals surface area (Å²) in [5.74, 6) is 7.53. The Balaban J connectivity index is -0.000000791. The normalized spacial score (nSPS) is 9.99. The largest absolute Gasteiger partial charge is 0.747 e. The highest BCUT2D eigenvalue weighted by Gasteiger charge is 2.32. The zero-order chi connectivity index (χ0) is 99.6. The van der Waals surface area contributed by atoms with Gasteiger partial charge in [-0.2, -0.15) is 9.20 Å². The van der Waals surface area contributed by atoms with E-state index in [0.717, 1.165) is 123 Å². The van der Waals surface area contributed by atoms with Gasteiger partial charge in [-0.3, -0.25) is 0 Å². The molecule has 23 nitrogen and oxygen atoms in total. The molecule has 0 spiro atoms. The van der Waals surface area contributed by atoms with Crippen LogP contribution in [0.5, 0.6) is 74.7 Å². The molecule has 760 valence electrons. The fraction of sp³-hybridized carbons (Fsp3) is 0.264. The molecule has 0 aliphatic rings. The third-order valence-electron chi connectivity index (χ3n) is 19.1. The maximum absolute atomic E-state index is 10.3. The van der Waals surface area contributed by atoms with Crippen LogP contribution in [0.3, 0.4) is 0 Å². The van der Waals surface area contributed by atoms with E-state index in [4.69, 9.17) is 91.4 Å². The highest BCUT2D eigenvalue weighted by atomic mass is 35.7. The third-order valence-corrected chi connectivity index (χ3v) is 23.7. The van der Waals surface area contributed by atoms with Gasteiger partial charge in [-0.05, 0) is 356 Å². The molecule has 0 fully saturated rings. The first kappa shape index (κ1) is 133. The van der Waals surface area contributed by atoms with E-state index in [1.165, 1.54) is 33.4 Å². The minimum absolute atomic E-state index is 0. The molecule has 13 rings (SSSR count). The number of hydrogen-bond donors (Lipinski definition) is 7. The van der Waals surface area contributed by atoms with Crippen LogP contribution in [-0.2, 0) is 29.9 Å². The number of halogens is 3. The van der Waals surface area contributed by atoms with Crippen molar-refractivity contribution in [2.45, 2.75) is 195 Å². The van der Waals surface area contributed by atoms with E-state index in [1.54, 1.807) is 30.3 Å². The lowest BCUT2D eigenvalue weighted by atomic mass is 10.1. The van der Waals surface area contributed by atoms with Crippen molar-refractivity contribution < 1.29 is 112 Å². The SMILES string of the molecule is C.C.Cc1ccc(O)c(C)c1.Cc1ccc(O)c(C)c1.Cc1ccc(O)c(C)c1.Cc1ccc(O)c(C)c1.Cc1ccc(OP(Cl)Oc2ccc(C)cc2C)c(C)c1.Cc1ccc(OP(O)Oc2ccc(C)cc2C)c(C)c1.Cc1ccc(OP(Oc2ccc(C)cc2C)OP(Oc2ccc(C)cc2C)Oc2ccc(C)cc2C)c(C)c1.Cc1ccc(O[P+](=O)O)c(C)c1.Cl.O=[P+]([O-])O.PCl.[HH].[OH3+].[OH3+].[OH3+]. The summed E-state index contributed by atoms with van der Waals surface area (Å²) < 4.78 is 77.9. The summed E-state index contributed by atoms with van der Waals surface area (Å²) in [5.41, 5.74) is 27.8. The topological polar surface area (TPSA) is 390 Å². The standard InChI is InChI=1S/C32H36O5P2.C16H18ClO2P.C16H19O3P.C8H9O3P.4C8H10O.2CH4.ClH2P.ClH.HO3P.3H2O.H2/c1-21-9-13-29(25(5)17-21)33-38(34-30-14-10-22(2)18-26(30)6)37-39(35-31-15-11-23(3)19-27(31)7)36-32-16-12-24(4)20-28(32)8;2*1-11-5-7-15(13(3)9-11)18-20(17)19-16-8-6-12(2)10-14(16)4;1-6-3-4-8(7(2)5-6)11-12(9)10;4*1-6-3-4-8(9)7(2)5-6;;;1-2;;1-4(2)3;;;;/h9-20H,1-8H3;5-10H,1-4H3;5-10,17H,1-4H3;3-5H,1-2H3;4*3-5,9H,1-2H3;2*1H4;2H2;1H;(H,1,2,3);3*1H2;1H/p+4. The van der Waals surface area contributed by atoms with Gasteiger partial charge in [0.2, 0.25) is 0 Å². The van der Waals surface area contributed by atoms with Crippen LogP contribution in [-0.4, -0.2) is 35.1 Å². The number of aromatic hydroxyl groups is 4. The van der Waals surface area contributed by atoms with E-state index in [1.807, 2.05) is 331 Å². The van der Waals surface area contributed by atoms with E-state index >= 15 is 0 Å². The van der Waals surface area contributed by atoms with Gasteiger partial charge in [-0.1, -0.05) is 245 Å². The quantitative estimate of drug-likeness (QED) is 0.0275. The molecule has 0 bridgehead atoms. The fourth-order valence-corrected chi connectivity index (χ4v) is 17.1. The molecule has 0 aliphatic heterocycles. The van der Waals surface area contributed by atoms with Gasteiger partial charge in [-0.25, -0.2) is 4.52 Å². The van der Waals surface area contributed by atoms with Crippen molar-refractivity contribution in [3.63, 3.8) is 0 Å². The van der Waals surface area contributed by atoms with Gasteiger partial charge in [0.05, 0.1) is 0 Å². The average Bonchev–Trinajstić information content (AvgIpc) is 0.903. The number of rotatable bonds is 20. The Bertz CT molecular complexity index is 5310. The lowest BCUT2D eigenvalue weighted by Crippen LogP contribution is -2.05. The summed E-state index contributed by atoms with van der Waals surface area (Å²) in [6.07, 6.45) is 0. The molecule has 13 aromatic rings. The van der Waals surface area contributed by atoms with Gasteiger partial charge < -0.3 is 82.8 Å². The minimum Gasteiger partial charge on any atom is -0.567 e. The Morgan fingerprint density at radius 2 is 0.403 bits per heavy atom. The van der Waals surface area contributed by atoms with Gasteiger partial charge >= 0.3 is 50.0 Å². The highest BCUT2D eigenvalue weighted by molar-refractivity contribution is 7.76. The summed E-state index contributed by atoms with van der Waals surface area (Å²) in [6.45, 7) is 51.6. The van der Waals surface area contributed by atoms with Gasteiger partial charge in [0, 0.05) is 5.99 Å². The van der Waals surface area contributed by atoms with E-state index in [9.17, 15) is 9.46 Å². The molecule has 0 radical (unpaired) electrons. The second-order valence-electron chi connectivity index (χ2n) is 31.9. The minimum atomic E-state index is -3.12. The maximum atomic E-state index is 10.3. The lowest BCUT2D eigenvalue weighted by molar-refractivity contribution is -0.180. The van der Waals surface area contributed by atoms with Crippen LogP contribution in [0.15, 0.2) is 237 Å². The van der Waals surface area contributed by atoms with Crippen LogP contribution in [0, 0.1) is 180 Å². The van der Waals surface area contributed by atoms with Gasteiger partial charge in [-0.15, -0.1) is 28.5 Å². The van der Waals surface area contributed by atoms with Gasteiger partial charge in [0.1, 0.15) is 69.0 Å². The molecule has 3 unspecified atom stereocenters. The molecule has 0 saturated carbocycles. The Morgan fingerprint density at radius 1 is 0.266 bits per heavy atom. The molecule has 13 aromatic carbocycles. The molecule has 0 saturated heterocycles. The molecule has 0 aromatic heterocycles. The molecule has 0 heterocycles. The summed E-state index contributed by atoms with van der Waals surface area (Å²) in [7, 11) is -11.2. The molecule has 0 aliphatic carbocycles. The fourth-order valence-electron chi connectivity index (χ4n) is 12.3. The van der Waals surface area contributed by atoms with Gasteiger partial charge in [0.15, 0.2) is 5.75 Å². The molecular weight excluding hydrogens is 1960 g/mol. The van der Waals surface area contributed by atoms with E-state index in [0.29, 0.717) is 63.2 Å². The van der Waals surface area contributed by atoms with E-state index < -0.39 is 50.0 Å². The van der Waals surface area contributed by atoms with Crippen LogP contribution >= 0.6 is 93.5 Å². The molecule has 33 heteroatoms. The average molecular weight is 2110 g/mol. The Morgan fingerprint density at radius 3 is 0.547 bits per heavy atom. The Labute approximate surface area is 850 Å². The molecule has 3 atom stereocenters. The number of hydrogen-bond acceptors (Lipinski definition) is 18. The zero-order valence-electron chi connectivity index (χ0n) is 82.6. The van der Waals surface area contributed by atoms with Gasteiger partial charge in [0.25, 0.3) is 0 Å². The van der Waals surface area contributed by atoms with Crippen molar-refractivity contribution >= 4 is 93.5 Å². The van der Waals surface area contributed by atoms with Crippen LogP contribution in [0.4, 0.5) is 0 Å². The van der Waals surface area contributed by atoms with E-state index in [2.05, 4.69) is 79.9 Å². The van der Waals surface area contributed by atoms with Crippen LogP contribution < -0.4 is 45.6 Å². The first-order valence-electron chi connectivity index (χ1n) is 41.9. The molecule has 139 heavy (non-hydrogen) atoms. The predicted octanol–water partition coefficient (Wildman–Crippen LogP) is 30.2. The lowest BCUT2D eigenvalue weighted by Gasteiger charge is -2.24. The summed E-state index contributed by atoms with van der Waals surface area (Å²) in [6, 6.07) is 75.3. The monoisotopic (exact) mass is 2110 g/mol. The first-order chi connectivity index (χ1) is 62.6. The predicted molar refractivity (Wildman–Crippen MR) is 589 cm³/mol. The number of phenolic OH excluding ortho intramolecular Hbond substituents is 4. The van der Waals surface area contributed by atoms with Crippen molar-refractivity contribution in [1.82, 2.24) is 0 Å².